The summed E-state index contributed by atoms with van der Waals surface area (Å²) in [7, 11) is 1.61. The van der Waals surface area contributed by atoms with Gasteiger partial charge in [-0.25, -0.2) is 0 Å². The van der Waals surface area contributed by atoms with E-state index < -0.39 is 0 Å². The zero-order chi connectivity index (χ0) is 19.6. The standard InChI is InChI=1S/C21H26N2O4/c1-15(2)27-18-10-8-17(9-11-18)23-21(25)14-20(24)22-13-12-16-6-4-5-7-19(16)26-3/h4-11,15H,12-14H2,1-3H3,(H,22,24)(H,23,25). The molecule has 2 aromatic rings. The van der Waals surface area contributed by atoms with Crippen LogP contribution in [0, 0.1) is 0 Å². The molecule has 0 heterocycles. The monoisotopic (exact) mass is 370 g/mol. The van der Waals surface area contributed by atoms with Crippen LogP contribution in [0.3, 0.4) is 0 Å². The van der Waals surface area contributed by atoms with Crippen LogP contribution in [0.1, 0.15) is 25.8 Å². The molecule has 0 fully saturated rings. The summed E-state index contributed by atoms with van der Waals surface area (Å²) in [4.78, 5) is 23.9. The van der Waals surface area contributed by atoms with Crippen LogP contribution >= 0.6 is 0 Å². The number of benzene rings is 2. The van der Waals surface area contributed by atoms with E-state index in [-0.39, 0.29) is 24.3 Å². The average molecular weight is 370 g/mol. The quantitative estimate of drug-likeness (QED) is 0.665. The molecular formula is C21H26N2O4. The van der Waals surface area contributed by atoms with Crippen molar-refractivity contribution in [1.82, 2.24) is 5.32 Å². The molecule has 0 aliphatic heterocycles. The van der Waals surface area contributed by atoms with E-state index in [0.29, 0.717) is 18.7 Å². The lowest BCUT2D eigenvalue weighted by Gasteiger charge is -2.11. The largest absolute Gasteiger partial charge is 0.496 e. The van der Waals surface area contributed by atoms with E-state index in [4.69, 9.17) is 9.47 Å². The number of para-hydroxylation sites is 1. The van der Waals surface area contributed by atoms with Crippen LogP contribution in [0.2, 0.25) is 0 Å². The van der Waals surface area contributed by atoms with Gasteiger partial charge in [0.1, 0.15) is 17.9 Å². The van der Waals surface area contributed by atoms with Gasteiger partial charge in [0.15, 0.2) is 0 Å². The molecule has 2 N–H and O–H groups in total. The molecule has 2 amide bonds. The Kier molecular flexibility index (Phi) is 7.67. The molecule has 0 spiro atoms. The van der Waals surface area contributed by atoms with Crippen LogP contribution in [-0.4, -0.2) is 31.6 Å². The van der Waals surface area contributed by atoms with Crippen molar-refractivity contribution >= 4 is 17.5 Å². The minimum Gasteiger partial charge on any atom is -0.496 e. The van der Waals surface area contributed by atoms with Crippen LogP contribution in [0.5, 0.6) is 11.5 Å². The van der Waals surface area contributed by atoms with Crippen LogP contribution in [0.15, 0.2) is 48.5 Å². The Labute approximate surface area is 159 Å². The second-order valence-corrected chi connectivity index (χ2v) is 6.33. The summed E-state index contributed by atoms with van der Waals surface area (Å²) in [6.07, 6.45) is 0.496. The maximum atomic E-state index is 12.0. The zero-order valence-corrected chi connectivity index (χ0v) is 16.0. The number of amides is 2. The van der Waals surface area contributed by atoms with Crippen molar-refractivity contribution in [2.75, 3.05) is 19.0 Å². The molecule has 6 heteroatoms. The molecule has 2 aromatic carbocycles. The van der Waals surface area contributed by atoms with Crippen molar-refractivity contribution < 1.29 is 19.1 Å². The lowest BCUT2D eigenvalue weighted by atomic mass is 10.1. The maximum Gasteiger partial charge on any atom is 0.233 e. The first-order chi connectivity index (χ1) is 13.0. The number of nitrogens with one attached hydrogen (secondary N) is 2. The number of rotatable bonds is 9. The van der Waals surface area contributed by atoms with Crippen LogP contribution in [0.4, 0.5) is 5.69 Å². The molecule has 144 valence electrons. The van der Waals surface area contributed by atoms with E-state index in [1.807, 2.05) is 38.1 Å². The summed E-state index contributed by atoms with van der Waals surface area (Å²) in [5, 5.41) is 5.46. The van der Waals surface area contributed by atoms with E-state index in [9.17, 15) is 9.59 Å². The molecule has 0 aromatic heterocycles. The Bertz CT molecular complexity index is 757. The van der Waals surface area contributed by atoms with E-state index in [1.165, 1.54) is 0 Å². The highest BCUT2D eigenvalue weighted by Crippen LogP contribution is 2.18. The number of hydrogen-bond donors (Lipinski definition) is 2. The summed E-state index contributed by atoms with van der Waals surface area (Å²) >= 11 is 0. The van der Waals surface area contributed by atoms with Gasteiger partial charge in [-0.2, -0.15) is 0 Å². The molecule has 0 radical (unpaired) electrons. The van der Waals surface area contributed by atoms with Crippen molar-refractivity contribution in [3.63, 3.8) is 0 Å². The van der Waals surface area contributed by atoms with E-state index >= 15 is 0 Å². The predicted octanol–water partition coefficient (Wildman–Crippen LogP) is 3.17. The van der Waals surface area contributed by atoms with E-state index in [0.717, 1.165) is 17.1 Å². The van der Waals surface area contributed by atoms with Crippen molar-refractivity contribution in [2.24, 2.45) is 0 Å². The number of carbonyl (C=O) groups is 2. The molecule has 0 aliphatic carbocycles. The van der Waals surface area contributed by atoms with Gasteiger partial charge in [-0.15, -0.1) is 0 Å². The summed E-state index contributed by atoms with van der Waals surface area (Å²) in [6.45, 7) is 4.33. The van der Waals surface area contributed by atoms with E-state index in [1.54, 1.807) is 31.4 Å². The Morgan fingerprint density at radius 3 is 2.37 bits per heavy atom. The third kappa shape index (κ3) is 7.01. The van der Waals surface area contributed by atoms with Crippen molar-refractivity contribution in [1.29, 1.82) is 0 Å². The van der Waals surface area contributed by atoms with Gasteiger partial charge < -0.3 is 20.1 Å². The highest BCUT2D eigenvalue weighted by Gasteiger charge is 2.10. The van der Waals surface area contributed by atoms with Crippen LogP contribution in [-0.2, 0) is 16.0 Å². The fourth-order valence-corrected chi connectivity index (χ4v) is 2.55. The fourth-order valence-electron chi connectivity index (χ4n) is 2.55. The molecular weight excluding hydrogens is 344 g/mol. The fraction of sp³-hybridized carbons (Fsp3) is 0.333. The van der Waals surface area contributed by atoms with Gasteiger partial charge in [0.25, 0.3) is 0 Å². The minimum atomic E-state index is -0.359. The van der Waals surface area contributed by atoms with E-state index in [2.05, 4.69) is 10.6 Å². The summed E-state index contributed by atoms with van der Waals surface area (Å²) in [6, 6.07) is 14.7. The second-order valence-electron chi connectivity index (χ2n) is 6.33. The minimum absolute atomic E-state index is 0.0880. The number of carbonyl (C=O) groups excluding carboxylic acids is 2. The third-order valence-electron chi connectivity index (χ3n) is 3.74. The van der Waals surface area contributed by atoms with Gasteiger partial charge >= 0.3 is 0 Å². The van der Waals surface area contributed by atoms with Crippen LogP contribution in [0.25, 0.3) is 0 Å². The van der Waals surface area contributed by atoms with Gasteiger partial charge in [-0.05, 0) is 56.2 Å². The number of ether oxygens (including phenoxy) is 2. The van der Waals surface area contributed by atoms with Gasteiger partial charge in [-0.1, -0.05) is 18.2 Å². The molecule has 2 rings (SSSR count). The Hall–Kier alpha value is -3.02. The first kappa shape index (κ1) is 20.3. The molecule has 27 heavy (non-hydrogen) atoms. The SMILES string of the molecule is COc1ccccc1CCNC(=O)CC(=O)Nc1ccc(OC(C)C)cc1. The number of methoxy groups -OCH3 is 1. The average Bonchev–Trinajstić information content (AvgIpc) is 2.63. The van der Waals surface area contributed by atoms with Crippen molar-refractivity contribution in [3.8, 4) is 11.5 Å². The molecule has 0 unspecified atom stereocenters. The number of anilines is 1. The van der Waals surface area contributed by atoms with Gasteiger partial charge in [0, 0.05) is 12.2 Å². The number of hydrogen-bond acceptors (Lipinski definition) is 4. The first-order valence-electron chi connectivity index (χ1n) is 8.93. The normalized spacial score (nSPS) is 10.4. The summed E-state index contributed by atoms with van der Waals surface area (Å²) in [5.41, 5.74) is 1.63. The lowest BCUT2D eigenvalue weighted by Crippen LogP contribution is -2.29. The summed E-state index contributed by atoms with van der Waals surface area (Å²) in [5.74, 6) is 0.843. The molecule has 6 nitrogen and oxygen atoms in total. The smallest absolute Gasteiger partial charge is 0.233 e. The topological polar surface area (TPSA) is 76.7 Å². The Morgan fingerprint density at radius 1 is 1.00 bits per heavy atom. The van der Waals surface area contributed by atoms with Gasteiger partial charge in [-0.3, -0.25) is 9.59 Å². The first-order valence-corrected chi connectivity index (χ1v) is 8.93. The molecule has 0 saturated carbocycles. The predicted molar refractivity (Wildman–Crippen MR) is 105 cm³/mol. The summed E-state index contributed by atoms with van der Waals surface area (Å²) < 4.78 is 10.8. The highest BCUT2D eigenvalue weighted by atomic mass is 16.5. The van der Waals surface area contributed by atoms with Crippen molar-refractivity contribution in [3.05, 3.63) is 54.1 Å². The Morgan fingerprint density at radius 2 is 1.70 bits per heavy atom. The zero-order valence-electron chi connectivity index (χ0n) is 16.0. The second kappa shape index (κ2) is 10.2. The van der Waals surface area contributed by atoms with Gasteiger partial charge in [0.05, 0.1) is 13.2 Å². The molecule has 0 atom stereocenters. The van der Waals surface area contributed by atoms with Crippen molar-refractivity contribution in [2.45, 2.75) is 32.8 Å². The highest BCUT2D eigenvalue weighted by molar-refractivity contribution is 6.03. The third-order valence-corrected chi connectivity index (χ3v) is 3.74. The Balaban J connectivity index is 1.74. The lowest BCUT2D eigenvalue weighted by molar-refractivity contribution is -0.126. The molecule has 0 bridgehead atoms. The molecule has 0 saturated heterocycles. The maximum absolute atomic E-state index is 12.0. The van der Waals surface area contributed by atoms with Gasteiger partial charge in [0.2, 0.25) is 11.8 Å². The van der Waals surface area contributed by atoms with Crippen LogP contribution < -0.4 is 20.1 Å². The molecule has 0 aliphatic rings.